The molecule has 2 aromatic heterocycles. The molecule has 2 heterocycles. The summed E-state index contributed by atoms with van der Waals surface area (Å²) in [6.45, 7) is 6.46. The van der Waals surface area contributed by atoms with Gasteiger partial charge < -0.3 is 10.1 Å². The summed E-state index contributed by atoms with van der Waals surface area (Å²) in [5.74, 6) is 1.76. The predicted octanol–water partition coefficient (Wildman–Crippen LogP) is 5.73. The molecule has 0 aliphatic heterocycles. The second-order valence-corrected chi connectivity index (χ2v) is 9.51. The van der Waals surface area contributed by atoms with Gasteiger partial charge in [0.15, 0.2) is 0 Å². The first-order valence-electron chi connectivity index (χ1n) is 10.8. The van der Waals surface area contributed by atoms with Gasteiger partial charge in [0.1, 0.15) is 5.75 Å². The molecule has 5 nitrogen and oxygen atoms in total. The molecule has 6 heteroatoms. The van der Waals surface area contributed by atoms with E-state index in [1.807, 2.05) is 42.1 Å². The Morgan fingerprint density at radius 3 is 2.59 bits per heavy atom. The number of aromatic nitrogens is 3. The summed E-state index contributed by atoms with van der Waals surface area (Å²) < 4.78 is 7.37. The first-order chi connectivity index (χ1) is 15.4. The van der Waals surface area contributed by atoms with Crippen molar-refractivity contribution in [1.82, 2.24) is 20.1 Å². The second kappa shape index (κ2) is 9.76. The van der Waals surface area contributed by atoms with Gasteiger partial charge in [0.25, 0.3) is 0 Å². The number of hydrogen-bond acceptors (Lipinski definition) is 5. The van der Waals surface area contributed by atoms with Crippen molar-refractivity contribution in [1.29, 1.82) is 0 Å². The van der Waals surface area contributed by atoms with Gasteiger partial charge >= 0.3 is 0 Å². The number of rotatable bonds is 8. The maximum absolute atomic E-state index is 5.56. The van der Waals surface area contributed by atoms with Gasteiger partial charge in [-0.2, -0.15) is 5.10 Å². The molecule has 0 aliphatic rings. The minimum atomic E-state index is 0.182. The fraction of sp³-hybridized carbons (Fsp3) is 0.308. The van der Waals surface area contributed by atoms with Crippen molar-refractivity contribution >= 4 is 22.7 Å². The highest BCUT2D eigenvalue weighted by Gasteiger charge is 2.17. The molecule has 0 amide bonds. The molecular formula is C26H30N4OS. The van der Waals surface area contributed by atoms with E-state index in [9.17, 15) is 0 Å². The third-order valence-corrected chi connectivity index (χ3v) is 6.61. The highest BCUT2D eigenvalue weighted by Crippen LogP contribution is 2.38. The molecule has 1 N–H and O–H groups in total. The number of nitrogens with zero attached hydrogens (tertiary/aromatic N) is 3. The highest BCUT2D eigenvalue weighted by atomic mass is 32.2. The van der Waals surface area contributed by atoms with E-state index >= 15 is 0 Å². The molecule has 1 unspecified atom stereocenters. The van der Waals surface area contributed by atoms with E-state index in [1.165, 1.54) is 16.7 Å². The summed E-state index contributed by atoms with van der Waals surface area (Å²) in [7, 11) is 3.65. The van der Waals surface area contributed by atoms with Crippen molar-refractivity contribution < 1.29 is 4.74 Å². The van der Waals surface area contributed by atoms with Gasteiger partial charge in [0, 0.05) is 47.9 Å². The van der Waals surface area contributed by atoms with Gasteiger partial charge in [-0.15, -0.1) is 11.8 Å². The van der Waals surface area contributed by atoms with Crippen LogP contribution in [0.3, 0.4) is 0 Å². The van der Waals surface area contributed by atoms with Crippen molar-refractivity contribution in [3.63, 3.8) is 0 Å². The first kappa shape index (κ1) is 22.4. The summed E-state index contributed by atoms with van der Waals surface area (Å²) in [5.41, 5.74) is 6.84. The molecule has 1 atom stereocenters. The molecule has 0 saturated heterocycles. The van der Waals surface area contributed by atoms with Crippen molar-refractivity contribution in [3.05, 3.63) is 77.7 Å². The topological polar surface area (TPSA) is 52.0 Å². The zero-order chi connectivity index (χ0) is 22.7. The Labute approximate surface area is 194 Å². The van der Waals surface area contributed by atoms with Gasteiger partial charge in [-0.25, -0.2) is 0 Å². The molecule has 0 bridgehead atoms. The van der Waals surface area contributed by atoms with Crippen LogP contribution in [0.5, 0.6) is 5.75 Å². The lowest BCUT2D eigenvalue weighted by Crippen LogP contribution is -2.22. The minimum absolute atomic E-state index is 0.182. The SMILES string of the molecule is COc1cc(C)cc(C(SCNC(C)C)c2ccc3ncc(-c4cnn(C)c4)cc3c2)c1. The fourth-order valence-electron chi connectivity index (χ4n) is 3.77. The van der Waals surface area contributed by atoms with Gasteiger partial charge in [0.2, 0.25) is 0 Å². The Balaban J connectivity index is 1.75. The van der Waals surface area contributed by atoms with E-state index < -0.39 is 0 Å². The lowest BCUT2D eigenvalue weighted by Gasteiger charge is -2.21. The molecule has 0 radical (unpaired) electrons. The molecule has 2 aromatic carbocycles. The van der Waals surface area contributed by atoms with Crippen molar-refractivity contribution in [2.45, 2.75) is 32.1 Å². The summed E-state index contributed by atoms with van der Waals surface area (Å²) in [5, 5.41) is 9.15. The minimum Gasteiger partial charge on any atom is -0.497 e. The molecule has 0 spiro atoms. The monoisotopic (exact) mass is 446 g/mol. The van der Waals surface area contributed by atoms with E-state index in [4.69, 9.17) is 9.72 Å². The van der Waals surface area contributed by atoms with Gasteiger partial charge in [-0.05, 0) is 53.9 Å². The fourth-order valence-corrected chi connectivity index (χ4v) is 5.03. The average Bonchev–Trinajstić information content (AvgIpc) is 3.21. The summed E-state index contributed by atoms with van der Waals surface area (Å²) in [6, 6.07) is 15.7. The number of methoxy groups -OCH3 is 1. The standard InChI is InChI=1S/C26H30N4OS/c1-17(2)28-16-32-26(21-8-18(3)9-24(12-21)31-5)19-6-7-25-20(10-19)11-22(13-27-25)23-14-29-30(4)15-23/h6-15,17,26,28H,16H2,1-5H3. The summed E-state index contributed by atoms with van der Waals surface area (Å²) in [6.07, 6.45) is 5.81. The normalized spacial score (nSPS) is 12.4. The summed E-state index contributed by atoms with van der Waals surface area (Å²) >= 11 is 1.90. The average molecular weight is 447 g/mol. The molecule has 0 aliphatic carbocycles. The number of benzene rings is 2. The van der Waals surface area contributed by atoms with Crippen LogP contribution in [-0.2, 0) is 7.05 Å². The highest BCUT2D eigenvalue weighted by molar-refractivity contribution is 7.99. The van der Waals surface area contributed by atoms with E-state index in [-0.39, 0.29) is 5.25 Å². The molecule has 32 heavy (non-hydrogen) atoms. The van der Waals surface area contributed by atoms with Gasteiger partial charge in [-0.3, -0.25) is 9.67 Å². The Kier molecular flexibility index (Phi) is 6.82. The molecule has 4 rings (SSSR count). The van der Waals surface area contributed by atoms with Crippen LogP contribution in [-0.4, -0.2) is 33.8 Å². The van der Waals surface area contributed by atoms with E-state index in [2.05, 4.69) is 73.7 Å². The Morgan fingerprint density at radius 2 is 1.88 bits per heavy atom. The molecule has 4 aromatic rings. The largest absolute Gasteiger partial charge is 0.497 e. The number of aryl methyl sites for hydroxylation is 2. The van der Waals surface area contributed by atoms with Crippen LogP contribution in [0.2, 0.25) is 0 Å². The number of pyridine rings is 1. The van der Waals surface area contributed by atoms with Crippen LogP contribution in [0, 0.1) is 6.92 Å². The zero-order valence-corrected chi connectivity index (χ0v) is 20.1. The number of hydrogen-bond donors (Lipinski definition) is 1. The van der Waals surface area contributed by atoms with Crippen molar-refractivity contribution in [3.8, 4) is 16.9 Å². The van der Waals surface area contributed by atoms with Crippen LogP contribution in [0.4, 0.5) is 0 Å². The van der Waals surface area contributed by atoms with Gasteiger partial charge in [-0.1, -0.05) is 26.0 Å². The van der Waals surface area contributed by atoms with Crippen molar-refractivity contribution in [2.24, 2.45) is 7.05 Å². The first-order valence-corrected chi connectivity index (χ1v) is 11.9. The second-order valence-electron chi connectivity index (χ2n) is 8.41. The van der Waals surface area contributed by atoms with E-state index in [0.29, 0.717) is 6.04 Å². The lowest BCUT2D eigenvalue weighted by molar-refractivity contribution is 0.414. The Morgan fingerprint density at radius 1 is 1.03 bits per heavy atom. The van der Waals surface area contributed by atoms with Crippen LogP contribution >= 0.6 is 11.8 Å². The maximum Gasteiger partial charge on any atom is 0.119 e. The third kappa shape index (κ3) is 5.14. The third-order valence-electron chi connectivity index (χ3n) is 5.40. The Hall–Kier alpha value is -2.83. The van der Waals surface area contributed by atoms with Gasteiger partial charge in [0.05, 0.1) is 24.1 Å². The van der Waals surface area contributed by atoms with Crippen LogP contribution in [0.15, 0.2) is 61.1 Å². The summed E-state index contributed by atoms with van der Waals surface area (Å²) in [4.78, 5) is 4.69. The molecular weight excluding hydrogens is 416 g/mol. The number of ether oxygens (including phenoxy) is 1. The van der Waals surface area contributed by atoms with Crippen LogP contribution < -0.4 is 10.1 Å². The predicted molar refractivity (Wildman–Crippen MR) is 134 cm³/mol. The molecule has 0 saturated carbocycles. The smallest absolute Gasteiger partial charge is 0.119 e. The molecule has 166 valence electrons. The van der Waals surface area contributed by atoms with E-state index in [0.717, 1.165) is 33.7 Å². The van der Waals surface area contributed by atoms with Crippen LogP contribution in [0.1, 0.15) is 35.8 Å². The van der Waals surface area contributed by atoms with Crippen molar-refractivity contribution in [2.75, 3.05) is 13.0 Å². The van der Waals surface area contributed by atoms with Crippen LogP contribution in [0.25, 0.3) is 22.0 Å². The molecule has 0 fully saturated rings. The quantitative estimate of drug-likeness (QED) is 0.350. The zero-order valence-electron chi connectivity index (χ0n) is 19.3. The lowest BCUT2D eigenvalue weighted by atomic mass is 9.99. The Bertz CT molecular complexity index is 1220. The maximum atomic E-state index is 5.56. The number of nitrogens with one attached hydrogen (secondary N) is 1. The number of fused-ring (bicyclic) bond motifs is 1. The number of thioether (sulfide) groups is 1. The van der Waals surface area contributed by atoms with E-state index in [1.54, 1.807) is 7.11 Å².